The molecule has 160 valence electrons. The molecule has 3 aromatic heterocycles. The number of hydrogen-bond acceptors (Lipinski definition) is 8. The second-order valence-corrected chi connectivity index (χ2v) is 9.19. The summed E-state index contributed by atoms with van der Waals surface area (Å²) in [7, 11) is 4.16. The summed E-state index contributed by atoms with van der Waals surface area (Å²) in [6.45, 7) is 3.53. The minimum Gasteiger partial charge on any atom is -0.377 e. The van der Waals surface area contributed by atoms with Crippen molar-refractivity contribution in [3.8, 4) is 11.5 Å². The third-order valence-corrected chi connectivity index (χ3v) is 7.18. The lowest BCUT2D eigenvalue weighted by atomic mass is 9.86. The van der Waals surface area contributed by atoms with Crippen molar-refractivity contribution in [3.63, 3.8) is 0 Å². The van der Waals surface area contributed by atoms with Gasteiger partial charge in [0.2, 0.25) is 0 Å². The largest absolute Gasteiger partial charge is 0.377 e. The maximum absolute atomic E-state index is 5.80. The fraction of sp³-hybridized carbons (Fsp3) is 0.619. The molecule has 3 atom stereocenters. The fourth-order valence-corrected chi connectivity index (χ4v) is 5.31. The molecule has 0 spiro atoms. The van der Waals surface area contributed by atoms with E-state index >= 15 is 0 Å². The van der Waals surface area contributed by atoms with Gasteiger partial charge in [-0.3, -0.25) is 0 Å². The highest BCUT2D eigenvalue weighted by molar-refractivity contribution is 7.98. The molecule has 0 aromatic carbocycles. The van der Waals surface area contributed by atoms with Crippen LogP contribution < -0.4 is 0 Å². The van der Waals surface area contributed by atoms with Gasteiger partial charge in [-0.1, -0.05) is 12.1 Å². The van der Waals surface area contributed by atoms with E-state index in [4.69, 9.17) is 24.3 Å². The number of aromatic nitrogens is 5. The molecular formula is C21H28N6O2S. The molecule has 2 unspecified atom stereocenters. The number of ether oxygens (including phenoxy) is 1. The van der Waals surface area contributed by atoms with Gasteiger partial charge in [0.05, 0.1) is 36.9 Å². The van der Waals surface area contributed by atoms with Gasteiger partial charge < -0.3 is 14.2 Å². The smallest absolute Gasteiger partial charge is 0.185 e. The molecule has 0 saturated carbocycles. The van der Waals surface area contributed by atoms with Gasteiger partial charge in [0.1, 0.15) is 10.8 Å². The second-order valence-electron chi connectivity index (χ2n) is 8.39. The summed E-state index contributed by atoms with van der Waals surface area (Å²) in [6, 6.07) is 0.375. The Kier molecular flexibility index (Phi) is 5.28. The van der Waals surface area contributed by atoms with Crippen LogP contribution in [0.5, 0.6) is 0 Å². The van der Waals surface area contributed by atoms with Crippen LogP contribution in [0.4, 0.5) is 0 Å². The molecule has 4 heterocycles. The Bertz CT molecular complexity index is 1060. The predicted molar refractivity (Wildman–Crippen MR) is 116 cm³/mol. The van der Waals surface area contributed by atoms with Gasteiger partial charge in [0, 0.05) is 11.5 Å². The molecule has 9 heteroatoms. The van der Waals surface area contributed by atoms with E-state index in [2.05, 4.69) is 31.1 Å². The second kappa shape index (κ2) is 7.94. The highest BCUT2D eigenvalue weighted by Crippen LogP contribution is 2.39. The van der Waals surface area contributed by atoms with Gasteiger partial charge >= 0.3 is 0 Å². The first-order valence-electron chi connectivity index (χ1n) is 10.6. The number of fused-ring (bicyclic) bond motifs is 2. The molecule has 0 N–H and O–H groups in total. The molecule has 0 radical (unpaired) electrons. The highest BCUT2D eigenvalue weighted by atomic mass is 32.2. The Morgan fingerprint density at radius 1 is 1.27 bits per heavy atom. The zero-order chi connectivity index (χ0) is 20.8. The van der Waals surface area contributed by atoms with Crippen molar-refractivity contribution in [2.24, 2.45) is 0 Å². The summed E-state index contributed by atoms with van der Waals surface area (Å²) >= 11 is 1.61. The van der Waals surface area contributed by atoms with Gasteiger partial charge in [0.25, 0.3) is 0 Å². The minimum absolute atomic E-state index is 0.116. The van der Waals surface area contributed by atoms with Crippen molar-refractivity contribution in [1.82, 2.24) is 29.8 Å². The SMILES string of the molecule is CC[C@@H]1CCCc2c(-c3nc(SC)c4cnn(C5COCC5N(C)C)c4n3)noc21. The molecule has 30 heavy (non-hydrogen) atoms. The average Bonchev–Trinajstić information content (AvgIpc) is 3.49. The Hall–Kier alpha value is -1.97. The van der Waals surface area contributed by atoms with E-state index in [1.54, 1.807) is 11.8 Å². The summed E-state index contributed by atoms with van der Waals surface area (Å²) in [4.78, 5) is 12.0. The van der Waals surface area contributed by atoms with Crippen LogP contribution in [0.15, 0.2) is 15.7 Å². The van der Waals surface area contributed by atoms with E-state index in [1.165, 1.54) is 5.56 Å². The molecule has 1 fully saturated rings. The fourth-order valence-electron chi connectivity index (χ4n) is 4.77. The van der Waals surface area contributed by atoms with Gasteiger partial charge in [-0.2, -0.15) is 5.10 Å². The molecule has 2 aliphatic rings. The van der Waals surface area contributed by atoms with Crippen molar-refractivity contribution in [2.75, 3.05) is 33.6 Å². The van der Waals surface area contributed by atoms with E-state index in [0.29, 0.717) is 25.0 Å². The van der Waals surface area contributed by atoms with Crippen LogP contribution >= 0.6 is 11.8 Å². The van der Waals surface area contributed by atoms with Crippen molar-refractivity contribution in [3.05, 3.63) is 17.5 Å². The quantitative estimate of drug-likeness (QED) is 0.451. The molecule has 1 aliphatic heterocycles. The van der Waals surface area contributed by atoms with Crippen molar-refractivity contribution in [2.45, 2.75) is 55.6 Å². The summed E-state index contributed by atoms with van der Waals surface area (Å²) in [6.07, 6.45) is 8.27. The van der Waals surface area contributed by atoms with Crippen molar-refractivity contribution in [1.29, 1.82) is 0 Å². The molecule has 3 aromatic rings. The lowest BCUT2D eigenvalue weighted by molar-refractivity contribution is 0.169. The maximum atomic E-state index is 5.80. The molecule has 1 aliphatic carbocycles. The third kappa shape index (κ3) is 3.14. The Labute approximate surface area is 180 Å². The van der Waals surface area contributed by atoms with Crippen LogP contribution in [-0.4, -0.2) is 69.4 Å². The number of hydrogen-bond donors (Lipinski definition) is 0. The van der Waals surface area contributed by atoms with Gasteiger partial charge in [-0.15, -0.1) is 11.8 Å². The van der Waals surface area contributed by atoms with Crippen LogP contribution in [0.2, 0.25) is 0 Å². The average molecular weight is 429 g/mol. The first-order valence-corrected chi connectivity index (χ1v) is 11.9. The van der Waals surface area contributed by atoms with Crippen LogP contribution in [0, 0.1) is 0 Å². The van der Waals surface area contributed by atoms with E-state index < -0.39 is 0 Å². The topological polar surface area (TPSA) is 82.1 Å². The van der Waals surface area contributed by atoms with E-state index in [9.17, 15) is 0 Å². The monoisotopic (exact) mass is 428 g/mol. The molecular weight excluding hydrogens is 400 g/mol. The van der Waals surface area contributed by atoms with Crippen LogP contribution in [0.25, 0.3) is 22.6 Å². The summed E-state index contributed by atoms with van der Waals surface area (Å²) < 4.78 is 13.6. The van der Waals surface area contributed by atoms with Gasteiger partial charge in [0.15, 0.2) is 17.2 Å². The van der Waals surface area contributed by atoms with Gasteiger partial charge in [-0.05, 0) is 46.0 Å². The van der Waals surface area contributed by atoms with Crippen LogP contribution in [0.1, 0.15) is 49.5 Å². The Morgan fingerprint density at radius 3 is 2.90 bits per heavy atom. The standard InChI is InChI=1S/C21H28N6O2S/c1-5-12-7-6-8-13-17(25-29-18(12)13)19-23-20-14(21(24-19)30-4)9-22-27(20)16-11-28-10-15(16)26(2)3/h9,12,15-16H,5-8,10-11H2,1-4H3/t12-,15?,16?/m1/s1. The lowest BCUT2D eigenvalue weighted by Crippen LogP contribution is -2.36. The third-order valence-electron chi connectivity index (χ3n) is 6.48. The van der Waals surface area contributed by atoms with Crippen LogP contribution in [-0.2, 0) is 11.2 Å². The normalized spacial score (nSPS) is 24.1. The molecule has 0 bridgehead atoms. The molecule has 8 nitrogen and oxygen atoms in total. The van der Waals surface area contributed by atoms with E-state index in [0.717, 1.165) is 53.2 Å². The number of nitrogens with zero attached hydrogens (tertiary/aromatic N) is 6. The minimum atomic E-state index is 0.116. The highest BCUT2D eigenvalue weighted by Gasteiger charge is 2.34. The van der Waals surface area contributed by atoms with Gasteiger partial charge in [-0.25, -0.2) is 14.6 Å². The number of rotatable bonds is 5. The van der Waals surface area contributed by atoms with Crippen molar-refractivity contribution < 1.29 is 9.26 Å². The van der Waals surface area contributed by atoms with Crippen LogP contribution in [0.3, 0.4) is 0 Å². The number of likely N-dealkylation sites (N-methyl/N-ethyl adjacent to an activating group) is 1. The Balaban J connectivity index is 1.64. The lowest BCUT2D eigenvalue weighted by Gasteiger charge is -2.24. The molecule has 5 rings (SSSR count). The van der Waals surface area contributed by atoms with E-state index in [1.807, 2.05) is 17.1 Å². The van der Waals surface area contributed by atoms with Crippen molar-refractivity contribution >= 4 is 22.8 Å². The molecule has 1 saturated heterocycles. The first-order chi connectivity index (χ1) is 14.6. The summed E-state index contributed by atoms with van der Waals surface area (Å²) in [5, 5.41) is 11.0. The zero-order valence-corrected chi connectivity index (χ0v) is 18.8. The maximum Gasteiger partial charge on any atom is 0.185 e. The summed E-state index contributed by atoms with van der Waals surface area (Å²) in [5.41, 5.74) is 2.81. The number of thioether (sulfide) groups is 1. The summed E-state index contributed by atoms with van der Waals surface area (Å²) in [5.74, 6) is 2.11. The Morgan fingerprint density at radius 2 is 2.13 bits per heavy atom. The first kappa shape index (κ1) is 20.0. The zero-order valence-electron chi connectivity index (χ0n) is 18.0. The predicted octanol–water partition coefficient (Wildman–Crippen LogP) is 3.53. The molecule has 0 amide bonds. The van der Waals surface area contributed by atoms with E-state index in [-0.39, 0.29) is 12.1 Å².